The van der Waals surface area contributed by atoms with Crippen LogP contribution >= 0.6 is 11.6 Å². The summed E-state index contributed by atoms with van der Waals surface area (Å²) in [6.07, 6.45) is 0. The number of amides is 1. The molecule has 0 aliphatic carbocycles. The number of halogens is 1. The summed E-state index contributed by atoms with van der Waals surface area (Å²) in [5.74, 6) is -0.137. The van der Waals surface area contributed by atoms with Crippen molar-refractivity contribution in [3.63, 3.8) is 0 Å². The summed E-state index contributed by atoms with van der Waals surface area (Å²) in [6, 6.07) is 24.4. The molecule has 24 heavy (non-hydrogen) atoms. The Morgan fingerprint density at radius 3 is 2.38 bits per heavy atom. The largest absolute Gasteiger partial charge is 0.282 e. The van der Waals surface area contributed by atoms with Gasteiger partial charge in [-0.05, 0) is 36.4 Å². The van der Waals surface area contributed by atoms with E-state index >= 15 is 0 Å². The van der Waals surface area contributed by atoms with E-state index in [-0.39, 0.29) is 5.91 Å². The molecule has 0 fully saturated rings. The standard InChI is InChI=1S/C20H13ClN2O/c21-14-7-6-8-15(13-14)22-19-17-11-4-5-12-18(17)23(20(19)24)16-9-2-1-3-10-16/h1-13H. The fourth-order valence-corrected chi connectivity index (χ4v) is 3.00. The van der Waals surface area contributed by atoms with E-state index in [4.69, 9.17) is 11.6 Å². The number of carbonyl (C=O) groups excluding carboxylic acids is 1. The van der Waals surface area contributed by atoms with Crippen molar-refractivity contribution in [3.05, 3.63) is 89.4 Å². The van der Waals surface area contributed by atoms with Gasteiger partial charge in [-0.3, -0.25) is 9.69 Å². The molecule has 1 aliphatic heterocycles. The highest BCUT2D eigenvalue weighted by molar-refractivity contribution is 6.56. The Bertz CT molecular complexity index is 951. The molecule has 0 radical (unpaired) electrons. The topological polar surface area (TPSA) is 32.7 Å². The fourth-order valence-electron chi connectivity index (χ4n) is 2.82. The lowest BCUT2D eigenvalue weighted by atomic mass is 10.1. The normalized spacial score (nSPS) is 15.0. The molecule has 1 amide bonds. The Morgan fingerprint density at radius 1 is 0.833 bits per heavy atom. The van der Waals surface area contributed by atoms with Gasteiger partial charge in [-0.2, -0.15) is 0 Å². The molecule has 116 valence electrons. The summed E-state index contributed by atoms with van der Waals surface area (Å²) >= 11 is 6.03. The van der Waals surface area contributed by atoms with Gasteiger partial charge in [0.15, 0.2) is 0 Å². The predicted molar refractivity (Wildman–Crippen MR) is 97.7 cm³/mol. The Labute approximate surface area is 144 Å². The highest BCUT2D eigenvalue weighted by Crippen LogP contribution is 2.36. The lowest BCUT2D eigenvalue weighted by molar-refractivity contribution is -0.111. The molecule has 0 saturated carbocycles. The van der Waals surface area contributed by atoms with Gasteiger partial charge in [0.2, 0.25) is 0 Å². The van der Waals surface area contributed by atoms with Crippen molar-refractivity contribution < 1.29 is 4.79 Å². The van der Waals surface area contributed by atoms with Crippen LogP contribution < -0.4 is 4.90 Å². The van der Waals surface area contributed by atoms with Crippen LogP contribution in [0, 0.1) is 0 Å². The first kappa shape index (κ1) is 14.7. The quantitative estimate of drug-likeness (QED) is 0.639. The summed E-state index contributed by atoms with van der Waals surface area (Å²) in [6.45, 7) is 0. The van der Waals surface area contributed by atoms with Gasteiger partial charge < -0.3 is 0 Å². The number of para-hydroxylation sites is 2. The minimum Gasteiger partial charge on any atom is -0.275 e. The molecule has 0 unspecified atom stereocenters. The molecule has 3 aromatic carbocycles. The monoisotopic (exact) mass is 332 g/mol. The molecule has 0 aromatic heterocycles. The first-order valence-electron chi connectivity index (χ1n) is 7.57. The second-order valence-electron chi connectivity index (χ2n) is 5.43. The summed E-state index contributed by atoms with van der Waals surface area (Å²) in [7, 11) is 0. The molecule has 0 saturated heterocycles. The van der Waals surface area contributed by atoms with Crippen LogP contribution in [0.4, 0.5) is 17.1 Å². The zero-order chi connectivity index (χ0) is 16.5. The van der Waals surface area contributed by atoms with E-state index in [0.29, 0.717) is 16.4 Å². The van der Waals surface area contributed by atoms with Crippen molar-refractivity contribution >= 4 is 40.3 Å². The van der Waals surface area contributed by atoms with Crippen LogP contribution in [0.5, 0.6) is 0 Å². The second-order valence-corrected chi connectivity index (χ2v) is 5.87. The second kappa shape index (κ2) is 5.95. The smallest absolute Gasteiger partial charge is 0.275 e. The SMILES string of the molecule is O=C1C(=Nc2cccc(Cl)c2)c2ccccc2N1c1ccccc1. The fraction of sp³-hybridized carbons (Fsp3) is 0. The van der Waals surface area contributed by atoms with Crippen LogP contribution in [0.3, 0.4) is 0 Å². The Kier molecular flexibility index (Phi) is 3.63. The van der Waals surface area contributed by atoms with E-state index in [1.165, 1.54) is 0 Å². The number of hydrogen-bond donors (Lipinski definition) is 0. The van der Waals surface area contributed by atoms with Gasteiger partial charge in [0, 0.05) is 16.3 Å². The van der Waals surface area contributed by atoms with E-state index in [1.54, 1.807) is 17.0 Å². The molecule has 0 spiro atoms. The maximum Gasteiger partial charge on any atom is 0.282 e. The number of fused-ring (bicyclic) bond motifs is 1. The van der Waals surface area contributed by atoms with Crippen LogP contribution in [0.2, 0.25) is 5.02 Å². The van der Waals surface area contributed by atoms with Crippen LogP contribution in [-0.2, 0) is 4.79 Å². The number of carbonyl (C=O) groups is 1. The van der Waals surface area contributed by atoms with Gasteiger partial charge in [-0.1, -0.05) is 54.1 Å². The third-order valence-corrected chi connectivity index (χ3v) is 4.10. The molecule has 0 atom stereocenters. The first-order valence-corrected chi connectivity index (χ1v) is 7.95. The molecule has 4 rings (SSSR count). The zero-order valence-corrected chi connectivity index (χ0v) is 13.4. The third kappa shape index (κ3) is 2.49. The van der Waals surface area contributed by atoms with Gasteiger partial charge in [0.05, 0.1) is 11.4 Å². The Hall–Kier alpha value is -2.91. The number of benzene rings is 3. The number of nitrogens with zero attached hydrogens (tertiary/aromatic N) is 2. The highest BCUT2D eigenvalue weighted by Gasteiger charge is 2.34. The lowest BCUT2D eigenvalue weighted by Gasteiger charge is -2.16. The van der Waals surface area contributed by atoms with E-state index < -0.39 is 0 Å². The average molecular weight is 333 g/mol. The van der Waals surface area contributed by atoms with Gasteiger partial charge >= 0.3 is 0 Å². The van der Waals surface area contributed by atoms with Crippen LogP contribution in [0.15, 0.2) is 83.9 Å². The number of rotatable bonds is 2. The van der Waals surface area contributed by atoms with E-state index in [9.17, 15) is 4.79 Å². The third-order valence-electron chi connectivity index (χ3n) is 3.87. The Balaban J connectivity index is 1.87. The summed E-state index contributed by atoms with van der Waals surface area (Å²) in [5, 5.41) is 0.593. The van der Waals surface area contributed by atoms with Gasteiger partial charge in [-0.25, -0.2) is 4.99 Å². The molecule has 3 aromatic rings. The van der Waals surface area contributed by atoms with Gasteiger partial charge in [0.1, 0.15) is 5.71 Å². The lowest BCUT2D eigenvalue weighted by Crippen LogP contribution is -2.25. The minimum atomic E-state index is -0.137. The predicted octanol–water partition coefficient (Wildman–Crippen LogP) is 5.14. The van der Waals surface area contributed by atoms with Crippen molar-refractivity contribution in [1.82, 2.24) is 0 Å². The number of hydrogen-bond acceptors (Lipinski definition) is 2. The Morgan fingerprint density at radius 2 is 1.58 bits per heavy atom. The van der Waals surface area contributed by atoms with Gasteiger partial charge in [-0.15, -0.1) is 0 Å². The molecule has 4 heteroatoms. The van der Waals surface area contributed by atoms with Gasteiger partial charge in [0.25, 0.3) is 5.91 Å². The van der Waals surface area contributed by atoms with E-state index in [1.807, 2.05) is 66.7 Å². The molecule has 0 N–H and O–H groups in total. The van der Waals surface area contributed by atoms with Crippen LogP contribution in [-0.4, -0.2) is 11.6 Å². The van der Waals surface area contributed by atoms with E-state index in [0.717, 1.165) is 16.9 Å². The maximum absolute atomic E-state index is 13.0. The first-order chi connectivity index (χ1) is 11.7. The molecule has 3 nitrogen and oxygen atoms in total. The number of anilines is 2. The van der Waals surface area contributed by atoms with Crippen molar-refractivity contribution in [2.45, 2.75) is 0 Å². The summed E-state index contributed by atoms with van der Waals surface area (Å²) in [4.78, 5) is 19.3. The minimum absolute atomic E-state index is 0.137. The highest BCUT2D eigenvalue weighted by atomic mass is 35.5. The summed E-state index contributed by atoms with van der Waals surface area (Å²) in [5.41, 5.74) is 3.58. The molecule has 0 bridgehead atoms. The molecule has 1 aliphatic rings. The summed E-state index contributed by atoms with van der Waals surface area (Å²) < 4.78 is 0. The van der Waals surface area contributed by atoms with Crippen molar-refractivity contribution in [2.75, 3.05) is 4.90 Å². The zero-order valence-electron chi connectivity index (χ0n) is 12.7. The van der Waals surface area contributed by atoms with Crippen LogP contribution in [0.1, 0.15) is 5.56 Å². The molecule has 1 heterocycles. The van der Waals surface area contributed by atoms with Crippen molar-refractivity contribution in [3.8, 4) is 0 Å². The van der Waals surface area contributed by atoms with Crippen LogP contribution in [0.25, 0.3) is 0 Å². The molecular formula is C20H13ClN2O. The number of aliphatic imine (C=N–C) groups is 1. The molecular weight excluding hydrogens is 320 g/mol. The van der Waals surface area contributed by atoms with Crippen molar-refractivity contribution in [2.24, 2.45) is 4.99 Å². The van der Waals surface area contributed by atoms with Crippen molar-refractivity contribution in [1.29, 1.82) is 0 Å². The maximum atomic E-state index is 13.0. The van der Waals surface area contributed by atoms with E-state index in [2.05, 4.69) is 4.99 Å². The average Bonchev–Trinajstić information content (AvgIpc) is 2.88.